The molecule has 0 saturated carbocycles. The van der Waals surface area contributed by atoms with E-state index in [1.807, 2.05) is 0 Å². The van der Waals surface area contributed by atoms with Crippen LogP contribution in [0.3, 0.4) is 0 Å². The van der Waals surface area contributed by atoms with Crippen molar-refractivity contribution in [1.82, 2.24) is 0 Å². The predicted molar refractivity (Wildman–Crippen MR) is 9.94 cm³/mol. The summed E-state index contributed by atoms with van der Waals surface area (Å²) < 4.78 is 0. The molecular weight excluding hydrogens is 157 g/mol. The Balaban J connectivity index is -0.00000000500. The SMILES string of the molecule is [Ar].[C-]#N.[C-]#N.[Zn+2]. The monoisotopic (exact) mass is 156 g/mol. The quantitative estimate of drug-likeness (QED) is 0.372. The van der Waals surface area contributed by atoms with Crippen molar-refractivity contribution in [2.45, 2.75) is 0 Å². The van der Waals surface area contributed by atoms with E-state index in [9.17, 15) is 0 Å². The van der Waals surface area contributed by atoms with E-state index < -0.39 is 0 Å². The van der Waals surface area contributed by atoms with Crippen molar-refractivity contribution >= 4 is 0 Å². The maximum Gasteiger partial charge on any atom is 2.00 e. The molecule has 0 aliphatic rings. The summed E-state index contributed by atoms with van der Waals surface area (Å²) in [6.45, 7) is 9.50. The summed E-state index contributed by atoms with van der Waals surface area (Å²) in [6.07, 6.45) is 0. The molecule has 0 heterocycles. The first-order valence-electron chi connectivity index (χ1n) is 0.447. The van der Waals surface area contributed by atoms with Crippen LogP contribution in [0.5, 0.6) is 0 Å². The minimum Gasteiger partial charge on any atom is -0.512 e. The van der Waals surface area contributed by atoms with Gasteiger partial charge in [-0.1, -0.05) is 0 Å². The van der Waals surface area contributed by atoms with Crippen LogP contribution in [0.1, 0.15) is 0 Å². The van der Waals surface area contributed by atoms with Gasteiger partial charge in [-0.15, -0.1) is 0 Å². The largest absolute Gasteiger partial charge is 2.00 e. The van der Waals surface area contributed by atoms with Gasteiger partial charge in [-0.25, -0.2) is 0 Å². The molecule has 0 radical (unpaired) electrons. The molecule has 28 valence electrons. The molecule has 0 rings (SSSR count). The Bertz CT molecular complexity index is 27.0. The van der Waals surface area contributed by atoms with Gasteiger partial charge in [0.05, 0.1) is 0 Å². The Morgan fingerprint density at radius 3 is 0.833 bits per heavy atom. The van der Waals surface area contributed by atoms with E-state index >= 15 is 0 Å². The van der Waals surface area contributed by atoms with Crippen molar-refractivity contribution in [2.24, 2.45) is 0 Å². The van der Waals surface area contributed by atoms with Gasteiger partial charge in [0.15, 0.2) is 0 Å². The summed E-state index contributed by atoms with van der Waals surface area (Å²) in [7, 11) is 0. The molecule has 0 bridgehead atoms. The zero-order valence-electron chi connectivity index (χ0n) is 2.96. The Hall–Kier alpha value is 0.863. The van der Waals surface area contributed by atoms with Gasteiger partial charge in [-0.3, -0.25) is 0 Å². The van der Waals surface area contributed by atoms with Crippen LogP contribution < -0.4 is 0 Å². The first kappa shape index (κ1) is 28.8. The minimum absolute atomic E-state index is 0. The van der Waals surface area contributed by atoms with Crippen LogP contribution in [0.25, 0.3) is 0 Å². The molecule has 0 saturated heterocycles. The Labute approximate surface area is 79.9 Å². The Kier molecular flexibility index (Phi) is 893. The molecule has 4 heteroatoms. The minimum atomic E-state index is 0. The standard InChI is InChI=1S/2CN.Ar.Zn/c2*1-2;;/q2*-1;;+2. The summed E-state index contributed by atoms with van der Waals surface area (Å²) in [6, 6.07) is 0. The number of hydrogen-bond acceptors (Lipinski definition) is 2. The molecule has 0 atom stereocenters. The summed E-state index contributed by atoms with van der Waals surface area (Å²) in [5.74, 6) is 0. The summed E-state index contributed by atoms with van der Waals surface area (Å²) in [5, 5.41) is 12.5. The predicted octanol–water partition coefficient (Wildman–Crippen LogP) is 0.190. The van der Waals surface area contributed by atoms with Crippen LogP contribution >= 0.6 is 0 Å². The van der Waals surface area contributed by atoms with Gasteiger partial charge in [0, 0.05) is 37.7 Å². The maximum absolute atomic E-state index is 6.25. The van der Waals surface area contributed by atoms with Crippen LogP contribution in [0, 0.1) is 61.4 Å². The fourth-order valence-electron chi connectivity index (χ4n) is 0. The van der Waals surface area contributed by atoms with Gasteiger partial charge in [-0.05, 0) is 0 Å². The molecule has 2 nitrogen and oxygen atoms in total. The molecule has 0 aliphatic heterocycles. The average Bonchev–Trinajstić information content (AvgIpc) is 1.50. The first-order chi connectivity index (χ1) is 2.00. The molecule has 6 heavy (non-hydrogen) atoms. The van der Waals surface area contributed by atoms with Crippen LogP contribution in [0.2, 0.25) is 0 Å². The Morgan fingerprint density at radius 2 is 0.833 bits per heavy atom. The molecule has 0 amide bonds. The Morgan fingerprint density at radius 1 is 0.833 bits per heavy atom. The average molecular weight is 157 g/mol. The van der Waals surface area contributed by atoms with Gasteiger partial charge in [0.25, 0.3) is 0 Å². The molecular formula is C2ArN2Zn. The number of nitrogens with zero attached hydrogens (tertiary/aromatic N) is 2. The van der Waals surface area contributed by atoms with Gasteiger partial charge >= 0.3 is 19.5 Å². The van der Waals surface area contributed by atoms with E-state index in [2.05, 4.69) is 0 Å². The third kappa shape index (κ3) is 97.4. The van der Waals surface area contributed by atoms with E-state index in [4.69, 9.17) is 23.7 Å². The molecule has 0 aromatic rings. The summed E-state index contributed by atoms with van der Waals surface area (Å²) >= 11 is 0. The van der Waals surface area contributed by atoms with Gasteiger partial charge in [-0.2, -0.15) is 0 Å². The van der Waals surface area contributed by atoms with Gasteiger partial charge in [0.2, 0.25) is 0 Å². The second-order valence-corrected chi connectivity index (χ2v) is 0. The molecule has 0 N–H and O–H groups in total. The maximum atomic E-state index is 6.25. The van der Waals surface area contributed by atoms with E-state index in [0.717, 1.165) is 0 Å². The van der Waals surface area contributed by atoms with Crippen molar-refractivity contribution in [3.8, 4) is 0 Å². The topological polar surface area (TPSA) is 47.6 Å². The van der Waals surface area contributed by atoms with Crippen molar-refractivity contribution in [1.29, 1.82) is 10.5 Å². The molecule has 0 aromatic carbocycles. The van der Waals surface area contributed by atoms with E-state index in [1.54, 1.807) is 0 Å². The van der Waals surface area contributed by atoms with Crippen LogP contribution in [-0.4, -0.2) is 0 Å². The third-order valence-corrected chi connectivity index (χ3v) is 0. The zero-order chi connectivity index (χ0) is 4.00. The summed E-state index contributed by atoms with van der Waals surface area (Å²) in [4.78, 5) is 0. The molecule has 0 aromatic heterocycles. The fourth-order valence-corrected chi connectivity index (χ4v) is 0. The normalized spacial score (nSPS) is 0.667. The van der Waals surface area contributed by atoms with Gasteiger partial charge < -0.3 is 23.7 Å². The third-order valence-electron chi connectivity index (χ3n) is 0. The van der Waals surface area contributed by atoms with Crippen molar-refractivity contribution < 1.29 is 57.2 Å². The van der Waals surface area contributed by atoms with E-state index in [0.29, 0.717) is 0 Å². The van der Waals surface area contributed by atoms with E-state index in [1.165, 1.54) is 0 Å². The van der Waals surface area contributed by atoms with E-state index in [-0.39, 0.29) is 57.2 Å². The van der Waals surface area contributed by atoms with Crippen LogP contribution in [0.4, 0.5) is 0 Å². The van der Waals surface area contributed by atoms with Crippen molar-refractivity contribution in [2.75, 3.05) is 0 Å². The second kappa shape index (κ2) is 186. The summed E-state index contributed by atoms with van der Waals surface area (Å²) in [5.41, 5.74) is 0. The first-order valence-corrected chi connectivity index (χ1v) is 0.447. The zero-order valence-corrected chi connectivity index (χ0v) is 6.63. The number of rotatable bonds is 0. The molecule has 0 spiro atoms. The number of hydrogen-bond donors (Lipinski definition) is 0. The van der Waals surface area contributed by atoms with Crippen LogP contribution in [-0.2, 0) is 19.5 Å². The fraction of sp³-hybridized carbons (Fsp3) is 0. The smallest absolute Gasteiger partial charge is 0.512 e. The molecule has 0 fully saturated rings. The van der Waals surface area contributed by atoms with Gasteiger partial charge in [0.1, 0.15) is 0 Å². The second-order valence-electron chi connectivity index (χ2n) is 0. The van der Waals surface area contributed by atoms with Crippen LogP contribution in [0.15, 0.2) is 0 Å². The molecule has 0 unspecified atom stereocenters. The van der Waals surface area contributed by atoms with Crippen molar-refractivity contribution in [3.63, 3.8) is 0 Å². The molecule has 0 aliphatic carbocycles. The van der Waals surface area contributed by atoms with Crippen molar-refractivity contribution in [3.05, 3.63) is 13.1 Å².